The Balaban J connectivity index is 2.55. The first-order valence-corrected chi connectivity index (χ1v) is 3.31. The summed E-state index contributed by atoms with van der Waals surface area (Å²) >= 11 is 1.72. The smallest absolute Gasteiger partial charge is 0.279 e. The summed E-state index contributed by atoms with van der Waals surface area (Å²) in [6.07, 6.45) is 0. The summed E-state index contributed by atoms with van der Waals surface area (Å²) in [7, 11) is 0. The van der Waals surface area contributed by atoms with Crippen molar-refractivity contribution >= 4 is 29.0 Å². The molecule has 0 aromatic heterocycles. The van der Waals surface area contributed by atoms with Gasteiger partial charge in [0.15, 0.2) is 3.57 Å². The highest BCUT2D eigenvalue weighted by Crippen LogP contribution is 2.24. The molecule has 0 amide bonds. The van der Waals surface area contributed by atoms with Crippen LogP contribution < -0.4 is 0 Å². The lowest BCUT2D eigenvalue weighted by Crippen LogP contribution is -1.82. The van der Waals surface area contributed by atoms with Crippen LogP contribution in [0.25, 0.3) is 0 Å². The second-order valence-corrected chi connectivity index (χ2v) is 3.04. The average molecular weight is 136 g/mol. The van der Waals surface area contributed by atoms with Crippen LogP contribution in [0.3, 0.4) is 0 Å². The molecule has 1 saturated heterocycles. The molecule has 0 aliphatic carbocycles. The second kappa shape index (κ2) is 1.83. The number of hydrogen-bond acceptors (Lipinski definition) is 4. The van der Waals surface area contributed by atoms with Crippen molar-refractivity contribution in [2.45, 2.75) is 0 Å². The molecule has 0 atom stereocenters. The molecule has 1 aliphatic heterocycles. The summed E-state index contributed by atoms with van der Waals surface area (Å²) < 4.78 is 0.613. The third-order valence-corrected chi connectivity index (χ3v) is 2.29. The number of hydrogen-bond donors (Lipinski definition) is 0. The quantitative estimate of drug-likeness (QED) is 0.361. The van der Waals surface area contributed by atoms with Crippen LogP contribution in [0, 0.1) is 4.91 Å². The van der Waals surface area contributed by atoms with Crippen molar-refractivity contribution in [1.82, 2.24) is 0 Å². The zero-order chi connectivity index (χ0) is 5.28. The highest BCUT2D eigenvalue weighted by Gasteiger charge is 2.32. The van der Waals surface area contributed by atoms with Crippen LogP contribution in [-0.2, 0) is 4.79 Å². The second-order valence-electron chi connectivity index (χ2n) is 0.960. The first kappa shape index (κ1) is 5.11. The number of carbonyl (C=O) groups is 1. The fourth-order valence-corrected chi connectivity index (χ4v) is 1.61. The van der Waals surface area contributed by atoms with Gasteiger partial charge in [0, 0.05) is 4.91 Å². The monoisotopic (exact) mass is 136 g/mol. The zero-order valence-corrected chi connectivity index (χ0v) is 4.92. The summed E-state index contributed by atoms with van der Waals surface area (Å²) in [5, 5.41) is -0.0556. The third kappa shape index (κ3) is 1.17. The Bertz CT molecular complexity index is 109. The fraction of sp³-hybridized carbons (Fsp3) is 0.500. The minimum absolute atomic E-state index is 0.0556. The molecule has 0 N–H and O–H groups in total. The molecule has 38 valence electrons. The lowest BCUT2D eigenvalue weighted by Gasteiger charge is -1.56. The van der Waals surface area contributed by atoms with Gasteiger partial charge in [0.05, 0.1) is 0 Å². The highest BCUT2D eigenvalue weighted by atomic mass is 32.2. The fourth-order valence-electron chi connectivity index (χ4n) is 0.241. The number of carbonyl (C=O) groups excluding carboxylic acids is 1. The van der Waals surface area contributed by atoms with Crippen LogP contribution in [-0.4, -0.2) is 14.4 Å². The first-order valence-electron chi connectivity index (χ1n) is 1.60. The van der Waals surface area contributed by atoms with E-state index in [1.54, 1.807) is 0 Å². The molecular formula is C2H2NO2S2+. The van der Waals surface area contributed by atoms with E-state index in [0.717, 1.165) is 23.9 Å². The van der Waals surface area contributed by atoms with E-state index in [1.807, 2.05) is 0 Å². The van der Waals surface area contributed by atoms with Crippen molar-refractivity contribution in [3.63, 3.8) is 0 Å². The maximum Gasteiger partial charge on any atom is 0.308 e. The molecule has 1 rings (SSSR count). The lowest BCUT2D eigenvalue weighted by molar-refractivity contribution is -0.151. The lowest BCUT2D eigenvalue weighted by atomic mass is 10.9. The predicted octanol–water partition coefficient (Wildman–Crippen LogP) is 0.602. The molecule has 3 nitrogen and oxygen atoms in total. The Kier molecular flexibility index (Phi) is 1.34. The van der Waals surface area contributed by atoms with Crippen molar-refractivity contribution in [1.29, 1.82) is 0 Å². The molecule has 1 fully saturated rings. The van der Waals surface area contributed by atoms with E-state index in [4.69, 9.17) is 0 Å². The van der Waals surface area contributed by atoms with Crippen LogP contribution in [0.1, 0.15) is 0 Å². The van der Waals surface area contributed by atoms with Gasteiger partial charge in [-0.2, -0.15) is 0 Å². The molecular weight excluding hydrogens is 134 g/mol. The van der Waals surface area contributed by atoms with Gasteiger partial charge in [0.2, 0.25) is 11.9 Å². The molecule has 0 bridgehead atoms. The maximum atomic E-state index is 10.2. The van der Waals surface area contributed by atoms with Crippen molar-refractivity contribution in [3.8, 4) is 0 Å². The van der Waals surface area contributed by atoms with Gasteiger partial charge < -0.3 is 0 Å². The van der Waals surface area contributed by atoms with E-state index in [2.05, 4.69) is 0 Å². The van der Waals surface area contributed by atoms with Crippen molar-refractivity contribution in [3.05, 3.63) is 4.91 Å². The minimum Gasteiger partial charge on any atom is -0.279 e. The van der Waals surface area contributed by atoms with E-state index in [9.17, 15) is 9.70 Å². The van der Waals surface area contributed by atoms with Crippen LogP contribution in [0.4, 0.5) is 0 Å². The normalized spacial score (nSPS) is 21.1. The SMILES string of the molecule is O=C1CS[N+](=O)S1. The number of nitroso groups, excluding NO2 is 1. The van der Waals surface area contributed by atoms with Crippen LogP contribution in [0.5, 0.6) is 0 Å². The molecule has 0 saturated carbocycles. The van der Waals surface area contributed by atoms with E-state index < -0.39 is 0 Å². The predicted molar refractivity (Wildman–Crippen MR) is 28.7 cm³/mol. The van der Waals surface area contributed by atoms with Gasteiger partial charge in [-0.15, -0.1) is 0 Å². The molecule has 7 heavy (non-hydrogen) atoms. The Labute approximate surface area is 48.7 Å². The Morgan fingerprint density at radius 1 is 1.71 bits per heavy atom. The Morgan fingerprint density at radius 3 is 2.57 bits per heavy atom. The van der Waals surface area contributed by atoms with E-state index in [0.29, 0.717) is 9.32 Å². The van der Waals surface area contributed by atoms with Crippen LogP contribution in [0.15, 0.2) is 0 Å². The Morgan fingerprint density at radius 2 is 2.43 bits per heavy atom. The summed E-state index contributed by atoms with van der Waals surface area (Å²) in [4.78, 5) is 20.2. The largest absolute Gasteiger partial charge is 0.308 e. The van der Waals surface area contributed by atoms with E-state index in [1.165, 1.54) is 0 Å². The molecule has 0 aromatic carbocycles. The van der Waals surface area contributed by atoms with Gasteiger partial charge in [0.25, 0.3) is 5.12 Å². The average Bonchev–Trinajstić information content (AvgIpc) is 1.87. The van der Waals surface area contributed by atoms with Gasteiger partial charge in [-0.25, -0.2) is 0 Å². The van der Waals surface area contributed by atoms with Crippen molar-refractivity contribution in [2.24, 2.45) is 0 Å². The van der Waals surface area contributed by atoms with Gasteiger partial charge >= 0.3 is 11.9 Å². The molecule has 0 unspecified atom stereocenters. The molecule has 0 aromatic rings. The molecule has 0 radical (unpaired) electrons. The first-order chi connectivity index (χ1) is 3.29. The minimum atomic E-state index is -0.0556. The summed E-state index contributed by atoms with van der Waals surface area (Å²) in [5.74, 6) is 0.328. The molecule has 1 aliphatic rings. The Hall–Kier alpha value is -0.0300. The standard InChI is InChI=1S/C2H2NO2S2/c4-2-1-6-3(5)7-2/h1H2/q+1. The summed E-state index contributed by atoms with van der Waals surface area (Å²) in [5.41, 5.74) is 0. The third-order valence-electron chi connectivity index (χ3n) is 0.464. The molecule has 5 heteroatoms. The summed E-state index contributed by atoms with van der Waals surface area (Å²) in [6.45, 7) is 0. The molecule has 0 spiro atoms. The van der Waals surface area contributed by atoms with Gasteiger partial charge in [-0.3, -0.25) is 4.79 Å². The van der Waals surface area contributed by atoms with Crippen LogP contribution >= 0.6 is 23.9 Å². The maximum absolute atomic E-state index is 10.2. The van der Waals surface area contributed by atoms with E-state index in [-0.39, 0.29) is 5.12 Å². The number of rotatable bonds is 0. The van der Waals surface area contributed by atoms with Gasteiger partial charge in [-0.1, -0.05) is 0 Å². The van der Waals surface area contributed by atoms with Gasteiger partial charge in [0.1, 0.15) is 5.75 Å². The van der Waals surface area contributed by atoms with Gasteiger partial charge in [-0.05, 0) is 0 Å². The summed E-state index contributed by atoms with van der Waals surface area (Å²) in [6, 6.07) is 0. The zero-order valence-electron chi connectivity index (χ0n) is 3.29. The number of nitrogens with zero attached hydrogens (tertiary/aromatic N) is 1. The topological polar surface area (TPSA) is 37.1 Å². The van der Waals surface area contributed by atoms with E-state index >= 15 is 0 Å². The molecule has 1 heterocycles. The highest BCUT2D eigenvalue weighted by molar-refractivity contribution is 8.19. The van der Waals surface area contributed by atoms with Crippen molar-refractivity contribution in [2.75, 3.05) is 5.75 Å². The van der Waals surface area contributed by atoms with Crippen molar-refractivity contribution < 1.29 is 8.37 Å². The van der Waals surface area contributed by atoms with Crippen LogP contribution in [0.2, 0.25) is 0 Å².